The van der Waals surface area contributed by atoms with E-state index in [0.717, 1.165) is 27.9 Å². The summed E-state index contributed by atoms with van der Waals surface area (Å²) in [5.74, 6) is 0.603. The number of rotatable bonds is 3. The predicted octanol–water partition coefficient (Wildman–Crippen LogP) is 6.95. The van der Waals surface area contributed by atoms with Crippen LogP contribution in [0.3, 0.4) is 0 Å². The second-order valence-electron chi connectivity index (χ2n) is 9.72. The average Bonchev–Trinajstić information content (AvgIpc) is 3.28. The molecule has 1 fully saturated rings. The first-order valence-electron chi connectivity index (χ1n) is 11.7. The summed E-state index contributed by atoms with van der Waals surface area (Å²) in [6.45, 7) is 7.55. The molecule has 0 N–H and O–H groups in total. The molecule has 2 heterocycles. The number of fused-ring (bicyclic) bond motifs is 1. The van der Waals surface area contributed by atoms with Crippen LogP contribution in [0.2, 0.25) is 5.02 Å². The van der Waals surface area contributed by atoms with Crippen LogP contribution >= 0.6 is 11.6 Å². The van der Waals surface area contributed by atoms with E-state index in [2.05, 4.69) is 22.0 Å². The number of amides is 1. The Morgan fingerprint density at radius 2 is 1.71 bits per heavy atom. The molecule has 1 aromatic heterocycles. The zero-order valence-corrected chi connectivity index (χ0v) is 20.8. The summed E-state index contributed by atoms with van der Waals surface area (Å²) in [5, 5.41) is 0.667. The first kappa shape index (κ1) is 23.2. The SMILES string of the molecule is CC(C)(C)OC(=O)N1CCN(c2ccc(-c3nc4ccccc4o3)cc2)CC1c1ccc(Cl)cc1. The van der Waals surface area contributed by atoms with Gasteiger partial charge < -0.3 is 14.1 Å². The van der Waals surface area contributed by atoms with E-state index in [1.54, 1.807) is 0 Å². The molecule has 35 heavy (non-hydrogen) atoms. The molecule has 0 spiro atoms. The van der Waals surface area contributed by atoms with Crippen LogP contribution in [0.1, 0.15) is 32.4 Å². The van der Waals surface area contributed by atoms with Crippen LogP contribution in [0.5, 0.6) is 0 Å². The van der Waals surface area contributed by atoms with Gasteiger partial charge in [-0.25, -0.2) is 9.78 Å². The minimum absolute atomic E-state index is 0.160. The molecule has 1 saturated heterocycles. The Balaban J connectivity index is 1.38. The van der Waals surface area contributed by atoms with Gasteiger partial charge in [-0.2, -0.15) is 0 Å². The fourth-order valence-electron chi connectivity index (χ4n) is 4.34. The number of nitrogens with zero attached hydrogens (tertiary/aromatic N) is 3. The second kappa shape index (κ2) is 9.27. The van der Waals surface area contributed by atoms with Gasteiger partial charge in [0.2, 0.25) is 5.89 Å². The van der Waals surface area contributed by atoms with E-state index < -0.39 is 5.60 Å². The third kappa shape index (κ3) is 5.13. The zero-order valence-electron chi connectivity index (χ0n) is 20.1. The van der Waals surface area contributed by atoms with E-state index in [1.165, 1.54) is 0 Å². The van der Waals surface area contributed by atoms with Crippen molar-refractivity contribution in [1.82, 2.24) is 9.88 Å². The average molecular weight is 490 g/mol. The second-order valence-corrected chi connectivity index (χ2v) is 10.2. The van der Waals surface area contributed by atoms with Crippen molar-refractivity contribution < 1.29 is 13.9 Å². The van der Waals surface area contributed by atoms with Crippen LogP contribution in [0.4, 0.5) is 10.5 Å². The largest absolute Gasteiger partial charge is 0.444 e. The number of ether oxygens (including phenoxy) is 1. The van der Waals surface area contributed by atoms with Crippen molar-refractivity contribution in [3.05, 3.63) is 83.4 Å². The van der Waals surface area contributed by atoms with Gasteiger partial charge in [-0.1, -0.05) is 35.9 Å². The minimum Gasteiger partial charge on any atom is -0.444 e. The number of aromatic nitrogens is 1. The molecule has 1 amide bonds. The molecule has 180 valence electrons. The number of halogens is 1. The molecular formula is C28H28ClN3O3. The van der Waals surface area contributed by atoms with Crippen molar-refractivity contribution in [2.24, 2.45) is 0 Å². The maximum atomic E-state index is 13.0. The van der Waals surface area contributed by atoms with Gasteiger partial charge >= 0.3 is 6.09 Å². The smallest absolute Gasteiger partial charge is 0.410 e. The lowest BCUT2D eigenvalue weighted by molar-refractivity contribution is 0.0137. The van der Waals surface area contributed by atoms with Crippen LogP contribution < -0.4 is 4.90 Å². The Kier molecular flexibility index (Phi) is 6.15. The number of benzene rings is 3. The standard InChI is InChI=1S/C28H28ClN3O3/c1-28(2,3)35-27(33)32-17-16-31(18-24(32)19-8-12-21(29)13-9-19)22-14-10-20(11-15-22)26-30-23-6-4-5-7-25(23)34-26/h4-15,24H,16-18H2,1-3H3. The normalized spacial score (nSPS) is 16.5. The van der Waals surface area contributed by atoms with Crippen molar-refractivity contribution >= 4 is 34.5 Å². The van der Waals surface area contributed by atoms with Gasteiger partial charge in [0.1, 0.15) is 11.1 Å². The number of oxazole rings is 1. The molecule has 5 rings (SSSR count). The van der Waals surface area contributed by atoms with Crippen molar-refractivity contribution in [3.8, 4) is 11.5 Å². The lowest BCUT2D eigenvalue weighted by atomic mass is 10.0. The summed E-state index contributed by atoms with van der Waals surface area (Å²) < 4.78 is 11.6. The molecule has 1 atom stereocenters. The highest BCUT2D eigenvalue weighted by Gasteiger charge is 2.34. The summed E-state index contributed by atoms with van der Waals surface area (Å²) in [6.07, 6.45) is -0.302. The monoisotopic (exact) mass is 489 g/mol. The minimum atomic E-state index is -0.556. The highest BCUT2D eigenvalue weighted by Crippen LogP contribution is 2.32. The van der Waals surface area contributed by atoms with E-state index >= 15 is 0 Å². The topological polar surface area (TPSA) is 58.8 Å². The summed E-state index contributed by atoms with van der Waals surface area (Å²) in [7, 11) is 0. The van der Waals surface area contributed by atoms with Crippen LogP contribution in [-0.2, 0) is 4.74 Å². The third-order valence-corrected chi connectivity index (χ3v) is 6.29. The highest BCUT2D eigenvalue weighted by atomic mass is 35.5. The highest BCUT2D eigenvalue weighted by molar-refractivity contribution is 6.30. The molecule has 1 aliphatic heterocycles. The maximum Gasteiger partial charge on any atom is 0.410 e. The number of piperazine rings is 1. The Morgan fingerprint density at radius 1 is 1.00 bits per heavy atom. The van der Waals surface area contributed by atoms with Crippen molar-refractivity contribution in [2.75, 3.05) is 24.5 Å². The predicted molar refractivity (Wildman–Crippen MR) is 139 cm³/mol. The lowest BCUT2D eigenvalue weighted by Gasteiger charge is -2.43. The number of carbonyl (C=O) groups is 1. The Labute approximate surface area is 210 Å². The Morgan fingerprint density at radius 3 is 2.40 bits per heavy atom. The zero-order chi connectivity index (χ0) is 24.6. The molecule has 1 unspecified atom stereocenters. The number of anilines is 1. The number of hydrogen-bond donors (Lipinski definition) is 0. The fourth-order valence-corrected chi connectivity index (χ4v) is 4.46. The van der Waals surface area contributed by atoms with E-state index in [0.29, 0.717) is 30.5 Å². The summed E-state index contributed by atoms with van der Waals surface area (Å²) in [4.78, 5) is 21.7. The Hall–Kier alpha value is -3.51. The molecular weight excluding hydrogens is 462 g/mol. The molecule has 1 aliphatic rings. The van der Waals surface area contributed by atoms with Crippen LogP contribution in [0.15, 0.2) is 77.2 Å². The molecule has 0 bridgehead atoms. The molecule has 0 radical (unpaired) electrons. The van der Waals surface area contributed by atoms with E-state index in [9.17, 15) is 4.79 Å². The van der Waals surface area contributed by atoms with E-state index in [1.807, 2.05) is 86.3 Å². The van der Waals surface area contributed by atoms with Gasteiger partial charge in [0, 0.05) is 35.9 Å². The van der Waals surface area contributed by atoms with Gasteiger partial charge in [0.05, 0.1) is 6.04 Å². The molecule has 0 aliphatic carbocycles. The lowest BCUT2D eigenvalue weighted by Crippen LogP contribution is -2.52. The Bertz CT molecular complexity index is 1290. The van der Waals surface area contributed by atoms with Gasteiger partial charge in [0.25, 0.3) is 0 Å². The van der Waals surface area contributed by atoms with Crippen molar-refractivity contribution in [1.29, 1.82) is 0 Å². The molecule has 7 heteroatoms. The van der Waals surface area contributed by atoms with E-state index in [4.69, 9.17) is 20.8 Å². The molecule has 3 aromatic carbocycles. The summed E-state index contributed by atoms with van der Waals surface area (Å²) in [6, 6.07) is 23.5. The van der Waals surface area contributed by atoms with Crippen molar-refractivity contribution in [3.63, 3.8) is 0 Å². The number of para-hydroxylation sites is 2. The van der Waals surface area contributed by atoms with Crippen LogP contribution in [0.25, 0.3) is 22.6 Å². The molecule has 4 aromatic rings. The van der Waals surface area contributed by atoms with Gasteiger partial charge in [-0.3, -0.25) is 4.90 Å². The van der Waals surface area contributed by atoms with E-state index in [-0.39, 0.29) is 12.1 Å². The quantitative estimate of drug-likeness (QED) is 0.311. The van der Waals surface area contributed by atoms with Gasteiger partial charge in [-0.15, -0.1) is 0 Å². The summed E-state index contributed by atoms with van der Waals surface area (Å²) >= 11 is 6.12. The molecule has 0 saturated carbocycles. The van der Waals surface area contributed by atoms with Crippen molar-refractivity contribution in [2.45, 2.75) is 32.4 Å². The number of carbonyl (C=O) groups excluding carboxylic acids is 1. The van der Waals surface area contributed by atoms with Crippen LogP contribution in [0, 0.1) is 0 Å². The first-order chi connectivity index (χ1) is 16.8. The summed E-state index contributed by atoms with van der Waals surface area (Å²) in [5.41, 5.74) is 4.08. The fraction of sp³-hybridized carbons (Fsp3) is 0.286. The van der Waals surface area contributed by atoms with Gasteiger partial charge in [0.15, 0.2) is 5.58 Å². The molecule has 6 nitrogen and oxygen atoms in total. The maximum absolute atomic E-state index is 13.0. The number of hydrogen-bond acceptors (Lipinski definition) is 5. The first-order valence-corrected chi connectivity index (χ1v) is 12.1. The third-order valence-electron chi connectivity index (χ3n) is 6.04. The van der Waals surface area contributed by atoms with Gasteiger partial charge in [-0.05, 0) is 74.9 Å². The van der Waals surface area contributed by atoms with Crippen LogP contribution in [-0.4, -0.2) is 41.2 Å².